The van der Waals surface area contributed by atoms with E-state index in [4.69, 9.17) is 27.0 Å². The van der Waals surface area contributed by atoms with Crippen molar-refractivity contribution in [2.45, 2.75) is 165 Å². The summed E-state index contributed by atoms with van der Waals surface area (Å²) in [6.07, 6.45) is 2.10. The van der Waals surface area contributed by atoms with Gasteiger partial charge in [-0.2, -0.15) is 0 Å². The Kier molecular flexibility index (Phi) is 35.1. The molecule has 52 heavy (non-hydrogen) atoms. The summed E-state index contributed by atoms with van der Waals surface area (Å²) >= 11 is 0. The number of unbranched alkanes of at least 4 members (excludes halogenated alkanes) is 15. The Morgan fingerprint density at radius 1 is 0.769 bits per heavy atom. The maximum atomic E-state index is 12.4. The van der Waals surface area contributed by atoms with Crippen molar-refractivity contribution in [2.24, 2.45) is 0 Å². The monoisotopic (exact) mass is 814 g/mol. The summed E-state index contributed by atoms with van der Waals surface area (Å²) < 4.78 is 79.5. The third-order valence-corrected chi connectivity index (χ3v) is 8.40. The zero-order chi connectivity index (χ0) is 38.3. The second-order valence-corrected chi connectivity index (χ2v) is 14.2. The Hall–Kier alpha value is 0.890. The third kappa shape index (κ3) is 29.2. The number of aliphatic hydroxyl groups excluding tert-OH is 6. The SMILES string of the molecule is O=S(=O)([O-])O.[CH2-][C@@H](O)[C@@H](O[C@@H]1OC(COS(=O)(=O)[O-])[C@@H](O)[C@H](O)C1O)[C@H](O)[C@@H](O)C(=O)NCCCCCCCCCCCCCCCCCC.[Na+].[Na+]. The van der Waals surface area contributed by atoms with Crippen LogP contribution in [0.25, 0.3) is 0 Å². The van der Waals surface area contributed by atoms with Crippen LogP contribution in [0.1, 0.15) is 110 Å². The van der Waals surface area contributed by atoms with E-state index in [1.807, 2.05) is 0 Å². The maximum Gasteiger partial charge on any atom is 1.00 e. The number of ether oxygens (including phenoxy) is 2. The normalized spacial score (nSPS) is 22.8. The minimum atomic E-state index is -5.18. The van der Waals surface area contributed by atoms with Gasteiger partial charge >= 0.3 is 59.1 Å². The first-order chi connectivity index (χ1) is 23.3. The molecule has 300 valence electrons. The molecule has 0 aromatic heterocycles. The second-order valence-electron chi connectivity index (χ2n) is 12.3. The van der Waals surface area contributed by atoms with Crippen LogP contribution in [-0.4, -0.2) is 135 Å². The Morgan fingerprint density at radius 2 is 1.17 bits per heavy atom. The zero-order valence-corrected chi connectivity index (χ0v) is 36.3. The van der Waals surface area contributed by atoms with E-state index in [-0.39, 0.29) is 65.7 Å². The van der Waals surface area contributed by atoms with E-state index in [0.717, 1.165) is 19.3 Å². The molecule has 0 saturated carbocycles. The maximum absolute atomic E-state index is 12.4. The van der Waals surface area contributed by atoms with Gasteiger partial charge in [-0.15, -0.1) is 0 Å². The van der Waals surface area contributed by atoms with Crippen molar-refractivity contribution >= 4 is 26.7 Å². The van der Waals surface area contributed by atoms with Gasteiger partial charge in [0.1, 0.15) is 30.5 Å². The summed E-state index contributed by atoms with van der Waals surface area (Å²) in [7, 11) is -10.1. The number of aliphatic hydroxyl groups is 6. The summed E-state index contributed by atoms with van der Waals surface area (Å²) in [5, 5.41) is 63.7. The number of nitrogens with one attached hydrogen (secondary N) is 1. The summed E-state index contributed by atoms with van der Waals surface area (Å²) in [5.41, 5.74) is 0. The molecule has 1 aliphatic heterocycles. The molecule has 0 aromatic rings. The molecule has 0 bridgehead atoms. The van der Waals surface area contributed by atoms with Crippen molar-refractivity contribution in [3.05, 3.63) is 6.92 Å². The van der Waals surface area contributed by atoms with Gasteiger partial charge in [-0.1, -0.05) is 103 Å². The van der Waals surface area contributed by atoms with Gasteiger partial charge in [0.15, 0.2) is 12.4 Å². The molecule has 0 aliphatic carbocycles. The van der Waals surface area contributed by atoms with Crippen molar-refractivity contribution < 1.29 is 139 Å². The molecular weight excluding hydrogens is 756 g/mol. The first kappa shape index (κ1) is 57.2. The van der Waals surface area contributed by atoms with Gasteiger partial charge in [0.2, 0.25) is 20.8 Å². The van der Waals surface area contributed by atoms with E-state index >= 15 is 0 Å². The van der Waals surface area contributed by atoms with Crippen LogP contribution < -0.4 is 64.4 Å². The van der Waals surface area contributed by atoms with Gasteiger partial charge in [-0.05, 0) is 12.5 Å². The minimum Gasteiger partial charge on any atom is -0.726 e. The molecule has 1 amide bonds. The van der Waals surface area contributed by atoms with Gasteiger partial charge < -0.3 is 61.5 Å². The molecule has 1 rings (SSSR count). The van der Waals surface area contributed by atoms with Crippen LogP contribution in [0.15, 0.2) is 0 Å². The molecule has 1 saturated heterocycles. The van der Waals surface area contributed by atoms with Crippen molar-refractivity contribution in [2.75, 3.05) is 13.2 Å². The third-order valence-electron chi connectivity index (χ3n) is 7.97. The van der Waals surface area contributed by atoms with Gasteiger partial charge in [0.25, 0.3) is 5.91 Å². The molecule has 18 nitrogen and oxygen atoms in total. The fourth-order valence-corrected chi connectivity index (χ4v) is 5.50. The predicted octanol–water partition coefficient (Wildman–Crippen LogP) is -6.04. The largest absolute Gasteiger partial charge is 1.00 e. The molecule has 1 aliphatic rings. The van der Waals surface area contributed by atoms with Crippen LogP contribution in [0.3, 0.4) is 0 Å². The number of hydrogen-bond acceptors (Lipinski definition) is 16. The Labute approximate surface area is 352 Å². The standard InChI is InChI=1S/C30H58NO13S.2Na.H2O4S/c1-3-4-5-6-7-8-9-10-11-12-13-14-15-16-17-18-19-31-29(38)26(36)25(35)28(21(2)32)44-30-27(37)24(34)23(33)22(43-30)20-42-45(39,40)41;;;1-5(2,3)4/h21-28,30,32-37H,2-20H2,1H3,(H,31,38)(H,39,40,41);;;(H2,1,2,3,4)/q-1;2*+1;/p-2/t21-,22?,23-,24+,25-,26-,27?,28-,30+;;;/m1.../s1. The summed E-state index contributed by atoms with van der Waals surface area (Å²) in [5.74, 6) is -0.940. The van der Waals surface area contributed by atoms with Gasteiger partial charge in [-0.3, -0.25) is 13.5 Å². The molecule has 2 unspecified atom stereocenters. The zero-order valence-electron chi connectivity index (χ0n) is 30.7. The molecule has 22 heteroatoms. The molecule has 1 heterocycles. The first-order valence-corrected chi connectivity index (χ1v) is 19.8. The minimum absolute atomic E-state index is 0. The number of carbonyl (C=O) groups excluding carboxylic acids is 1. The van der Waals surface area contributed by atoms with E-state index in [1.165, 1.54) is 77.0 Å². The summed E-state index contributed by atoms with van der Waals surface area (Å²) in [6.45, 7) is 4.74. The van der Waals surface area contributed by atoms with E-state index < -0.39 is 88.4 Å². The van der Waals surface area contributed by atoms with Gasteiger partial charge in [0.05, 0.1) is 12.7 Å². The van der Waals surface area contributed by atoms with Crippen LogP contribution in [-0.2, 0) is 39.2 Å². The summed E-state index contributed by atoms with van der Waals surface area (Å²) in [6, 6.07) is 0. The molecule has 1 fully saturated rings. The molecule has 8 N–H and O–H groups in total. The van der Waals surface area contributed by atoms with Crippen molar-refractivity contribution in [3.8, 4) is 0 Å². The van der Waals surface area contributed by atoms with Crippen LogP contribution in [0, 0.1) is 6.92 Å². The quantitative estimate of drug-likeness (QED) is 0.0132. The van der Waals surface area contributed by atoms with Crippen LogP contribution >= 0.6 is 0 Å². The van der Waals surface area contributed by atoms with Crippen LogP contribution in [0.5, 0.6) is 0 Å². The van der Waals surface area contributed by atoms with E-state index in [1.54, 1.807) is 0 Å². The fraction of sp³-hybridized carbons (Fsp3) is 0.933. The van der Waals surface area contributed by atoms with Crippen molar-refractivity contribution in [1.82, 2.24) is 5.32 Å². The van der Waals surface area contributed by atoms with Crippen molar-refractivity contribution in [3.63, 3.8) is 0 Å². The first-order valence-electron chi connectivity index (χ1n) is 17.1. The number of carbonyl (C=O) groups is 1. The number of amides is 1. The fourth-order valence-electron chi connectivity index (χ4n) is 5.19. The molecular formula is C30H58NNa2O17S2-. The van der Waals surface area contributed by atoms with Gasteiger partial charge in [-0.25, -0.2) is 16.8 Å². The number of rotatable bonds is 26. The molecule has 0 aromatic carbocycles. The van der Waals surface area contributed by atoms with E-state index in [9.17, 15) is 48.4 Å². The molecule has 0 spiro atoms. The van der Waals surface area contributed by atoms with Crippen molar-refractivity contribution in [1.29, 1.82) is 0 Å². The Morgan fingerprint density at radius 3 is 1.56 bits per heavy atom. The molecule has 0 radical (unpaired) electrons. The number of hydrogen-bond donors (Lipinski definition) is 8. The van der Waals surface area contributed by atoms with Gasteiger partial charge in [0, 0.05) is 6.54 Å². The Bertz CT molecular complexity index is 1100. The average molecular weight is 815 g/mol. The van der Waals surface area contributed by atoms with E-state index in [2.05, 4.69) is 23.3 Å². The Balaban J connectivity index is -0.00000319. The second kappa shape index (κ2) is 31.9. The average Bonchev–Trinajstić information content (AvgIpc) is 3.02. The summed E-state index contributed by atoms with van der Waals surface area (Å²) in [4.78, 5) is 12.4. The smallest absolute Gasteiger partial charge is 0.726 e. The van der Waals surface area contributed by atoms with Crippen LogP contribution in [0.2, 0.25) is 0 Å². The van der Waals surface area contributed by atoms with Crippen LogP contribution in [0.4, 0.5) is 0 Å². The predicted molar refractivity (Wildman–Crippen MR) is 175 cm³/mol. The molecule has 9 atom stereocenters. The topological polar surface area (TPSA) is 313 Å². The van der Waals surface area contributed by atoms with E-state index in [0.29, 0.717) is 6.42 Å².